The van der Waals surface area contributed by atoms with Crippen LogP contribution in [0.2, 0.25) is 0 Å². The maximum Gasteiger partial charge on any atom is 0.341 e. The van der Waals surface area contributed by atoms with E-state index in [2.05, 4.69) is 9.97 Å². The van der Waals surface area contributed by atoms with Gasteiger partial charge in [0, 0.05) is 25.1 Å². The van der Waals surface area contributed by atoms with Gasteiger partial charge in [-0.3, -0.25) is 4.79 Å². The molecule has 0 fully saturated rings. The maximum absolute atomic E-state index is 14.8. The number of aryl methyl sites for hydroxylation is 1. The summed E-state index contributed by atoms with van der Waals surface area (Å²) in [7, 11) is 0. The number of rotatable bonds is 3. The van der Waals surface area contributed by atoms with Crippen LogP contribution in [0, 0.1) is 11.6 Å². The molecule has 2 aromatic heterocycles. The van der Waals surface area contributed by atoms with Gasteiger partial charge in [0.05, 0.1) is 16.5 Å². The Morgan fingerprint density at radius 3 is 2.74 bits per heavy atom. The first-order chi connectivity index (χ1) is 11.0. The van der Waals surface area contributed by atoms with E-state index in [-0.39, 0.29) is 23.3 Å². The molecule has 2 N–H and O–H groups in total. The second-order valence-electron chi connectivity index (χ2n) is 4.84. The minimum absolute atomic E-state index is 0.0145. The molecular formula is C15H11F2N3O3. The summed E-state index contributed by atoms with van der Waals surface area (Å²) in [5.41, 5.74) is -2.02. The molecule has 23 heavy (non-hydrogen) atoms. The first-order valence-corrected chi connectivity index (χ1v) is 6.73. The van der Waals surface area contributed by atoms with Crippen LogP contribution in [0.15, 0.2) is 29.5 Å². The highest BCUT2D eigenvalue weighted by Gasteiger charge is 2.23. The lowest BCUT2D eigenvalue weighted by Crippen LogP contribution is -2.20. The Kier molecular flexibility index (Phi) is 3.44. The quantitative estimate of drug-likeness (QED) is 0.776. The first-order valence-electron chi connectivity index (χ1n) is 6.73. The molecule has 6 nitrogen and oxygen atoms in total. The van der Waals surface area contributed by atoms with Crippen LogP contribution in [0.1, 0.15) is 17.3 Å². The average Bonchev–Trinajstić information content (AvgIpc) is 3.02. The molecule has 0 saturated carbocycles. The molecule has 3 rings (SSSR count). The number of carboxylic acid groups (broad SMARTS) is 1. The number of benzene rings is 1. The van der Waals surface area contributed by atoms with Crippen LogP contribution in [0.3, 0.4) is 0 Å². The Hall–Kier alpha value is -3.03. The summed E-state index contributed by atoms with van der Waals surface area (Å²) in [6.45, 7) is 1.86. The molecule has 0 unspecified atom stereocenters. The lowest BCUT2D eigenvalue weighted by Gasteiger charge is -2.13. The molecule has 0 saturated heterocycles. The van der Waals surface area contributed by atoms with Crippen molar-refractivity contribution in [3.05, 3.63) is 52.1 Å². The Balaban J connectivity index is 2.50. The summed E-state index contributed by atoms with van der Waals surface area (Å²) in [6, 6.07) is 0.844. The number of aromatic amines is 1. The standard InChI is InChI=1S/C15H11F2N3O3/c1-2-20-6-8(15(22)23)13(21)7-5-9(16)10(11(17)12(7)20)14-18-3-4-19-14/h3-6H,2H2,1H3,(H,18,19)(H,22,23). The van der Waals surface area contributed by atoms with Gasteiger partial charge in [-0.05, 0) is 13.0 Å². The molecule has 0 amide bonds. The Morgan fingerprint density at radius 2 is 2.17 bits per heavy atom. The number of aromatic carboxylic acids is 1. The van der Waals surface area contributed by atoms with E-state index in [1.165, 1.54) is 17.0 Å². The number of carbonyl (C=O) groups is 1. The van der Waals surface area contributed by atoms with Gasteiger partial charge in [-0.2, -0.15) is 0 Å². The fourth-order valence-corrected chi connectivity index (χ4v) is 2.51. The molecule has 0 bridgehead atoms. The Morgan fingerprint density at radius 1 is 1.43 bits per heavy atom. The van der Waals surface area contributed by atoms with Gasteiger partial charge < -0.3 is 14.7 Å². The third-order valence-electron chi connectivity index (χ3n) is 3.56. The van der Waals surface area contributed by atoms with Gasteiger partial charge in [0.2, 0.25) is 5.43 Å². The van der Waals surface area contributed by atoms with E-state index in [1.807, 2.05) is 0 Å². The number of imidazole rings is 1. The van der Waals surface area contributed by atoms with Gasteiger partial charge in [0.25, 0.3) is 0 Å². The second-order valence-corrected chi connectivity index (χ2v) is 4.84. The molecule has 8 heteroatoms. The highest BCUT2D eigenvalue weighted by atomic mass is 19.1. The zero-order chi connectivity index (χ0) is 16.7. The second kappa shape index (κ2) is 5.31. The van der Waals surface area contributed by atoms with E-state index in [1.54, 1.807) is 6.92 Å². The molecule has 118 valence electrons. The van der Waals surface area contributed by atoms with Crippen molar-refractivity contribution in [3.63, 3.8) is 0 Å². The van der Waals surface area contributed by atoms with Crippen molar-refractivity contribution in [2.45, 2.75) is 13.5 Å². The largest absolute Gasteiger partial charge is 0.477 e. The Labute approximate surface area is 128 Å². The number of fused-ring (bicyclic) bond motifs is 1. The molecule has 0 aliphatic rings. The van der Waals surface area contributed by atoms with E-state index in [0.29, 0.717) is 0 Å². The first kappa shape index (κ1) is 14.9. The van der Waals surface area contributed by atoms with Crippen molar-refractivity contribution < 1.29 is 18.7 Å². The van der Waals surface area contributed by atoms with Crippen molar-refractivity contribution in [1.82, 2.24) is 14.5 Å². The van der Waals surface area contributed by atoms with E-state index in [0.717, 1.165) is 12.3 Å². The molecule has 0 aliphatic heterocycles. The van der Waals surface area contributed by atoms with Crippen LogP contribution in [-0.2, 0) is 6.54 Å². The highest BCUT2D eigenvalue weighted by molar-refractivity contribution is 5.94. The summed E-state index contributed by atoms with van der Waals surface area (Å²) >= 11 is 0. The van der Waals surface area contributed by atoms with Crippen LogP contribution >= 0.6 is 0 Å². The zero-order valence-corrected chi connectivity index (χ0v) is 11.9. The van der Waals surface area contributed by atoms with Crippen LogP contribution in [-0.4, -0.2) is 25.6 Å². The number of carboxylic acids is 1. The maximum atomic E-state index is 14.8. The van der Waals surface area contributed by atoms with Crippen molar-refractivity contribution in [3.8, 4) is 11.4 Å². The SMILES string of the molecule is CCn1cc(C(=O)O)c(=O)c2cc(F)c(-c3ncc[nH]3)c(F)c21. The monoisotopic (exact) mass is 319 g/mol. The van der Waals surface area contributed by atoms with Gasteiger partial charge in [-0.25, -0.2) is 18.6 Å². The van der Waals surface area contributed by atoms with Gasteiger partial charge >= 0.3 is 5.97 Å². The molecule has 1 aromatic carbocycles. The zero-order valence-electron chi connectivity index (χ0n) is 11.9. The summed E-state index contributed by atoms with van der Waals surface area (Å²) in [6.07, 6.45) is 3.82. The van der Waals surface area contributed by atoms with E-state index in [4.69, 9.17) is 5.11 Å². The molecular weight excluding hydrogens is 308 g/mol. The molecule has 3 aromatic rings. The smallest absolute Gasteiger partial charge is 0.341 e. The average molecular weight is 319 g/mol. The summed E-state index contributed by atoms with van der Waals surface area (Å²) < 4.78 is 30.4. The number of nitrogens with one attached hydrogen (secondary N) is 1. The van der Waals surface area contributed by atoms with Crippen LogP contribution in [0.5, 0.6) is 0 Å². The topological polar surface area (TPSA) is 88.0 Å². The number of halogens is 2. The highest BCUT2D eigenvalue weighted by Crippen LogP contribution is 2.29. The third-order valence-corrected chi connectivity index (χ3v) is 3.56. The number of hydrogen-bond donors (Lipinski definition) is 2. The summed E-state index contributed by atoms with van der Waals surface area (Å²) in [4.78, 5) is 29.8. The van der Waals surface area contributed by atoms with E-state index >= 15 is 0 Å². The minimum Gasteiger partial charge on any atom is -0.477 e. The summed E-state index contributed by atoms with van der Waals surface area (Å²) in [5.74, 6) is -3.42. The van der Waals surface area contributed by atoms with Crippen molar-refractivity contribution >= 4 is 16.9 Å². The molecule has 0 aliphatic carbocycles. The Bertz CT molecular complexity index is 978. The number of H-pyrrole nitrogens is 1. The minimum atomic E-state index is -1.45. The molecule has 2 heterocycles. The third kappa shape index (κ3) is 2.19. The number of aromatic nitrogens is 3. The van der Waals surface area contributed by atoms with Gasteiger partial charge in [0.1, 0.15) is 17.2 Å². The lowest BCUT2D eigenvalue weighted by atomic mass is 10.1. The number of pyridine rings is 1. The van der Waals surface area contributed by atoms with Gasteiger partial charge in [0.15, 0.2) is 5.82 Å². The van der Waals surface area contributed by atoms with Gasteiger partial charge in [-0.1, -0.05) is 0 Å². The van der Waals surface area contributed by atoms with Crippen molar-refractivity contribution in [2.24, 2.45) is 0 Å². The van der Waals surface area contributed by atoms with Crippen molar-refractivity contribution in [1.29, 1.82) is 0 Å². The molecule has 0 spiro atoms. The van der Waals surface area contributed by atoms with E-state index < -0.39 is 34.2 Å². The van der Waals surface area contributed by atoms with Crippen molar-refractivity contribution in [2.75, 3.05) is 0 Å². The van der Waals surface area contributed by atoms with E-state index in [9.17, 15) is 18.4 Å². The van der Waals surface area contributed by atoms with Gasteiger partial charge in [-0.15, -0.1) is 0 Å². The fourth-order valence-electron chi connectivity index (χ4n) is 2.51. The number of hydrogen-bond acceptors (Lipinski definition) is 3. The molecule has 0 radical (unpaired) electrons. The summed E-state index contributed by atoms with van der Waals surface area (Å²) in [5, 5.41) is 8.75. The van der Waals surface area contributed by atoms with Crippen LogP contribution < -0.4 is 5.43 Å². The predicted octanol–water partition coefficient (Wildman–Crippen LogP) is 2.39. The predicted molar refractivity (Wildman–Crippen MR) is 78.3 cm³/mol. The lowest BCUT2D eigenvalue weighted by molar-refractivity contribution is 0.0695. The fraction of sp³-hybridized carbons (Fsp3) is 0.133. The number of nitrogens with zero attached hydrogens (tertiary/aromatic N) is 2. The van der Waals surface area contributed by atoms with Crippen LogP contribution in [0.25, 0.3) is 22.3 Å². The molecule has 0 atom stereocenters. The van der Waals surface area contributed by atoms with Crippen LogP contribution in [0.4, 0.5) is 8.78 Å². The normalized spacial score (nSPS) is 11.1.